The van der Waals surface area contributed by atoms with Crippen molar-refractivity contribution in [1.82, 2.24) is 10.2 Å². The molecule has 2 rings (SSSR count). The van der Waals surface area contributed by atoms with Gasteiger partial charge in [-0.25, -0.2) is 4.79 Å². The standard InChI is InChI=1S/C30H46N2O4/c1-5-7-9-10-11-12-13-15-27-18-21-29(32-31-27)26-16-19-28(20-17-26)36-24(3)23-35-30(33)25(4)34-22-14-8-6-2/h16-21,24-25H,5-15,22-23H2,1-4H3. The molecule has 0 aliphatic heterocycles. The number of hydrogen-bond acceptors (Lipinski definition) is 6. The molecule has 0 bridgehead atoms. The van der Waals surface area contributed by atoms with E-state index in [1.807, 2.05) is 37.3 Å². The molecule has 0 amide bonds. The number of rotatable bonds is 19. The van der Waals surface area contributed by atoms with Crippen molar-refractivity contribution in [3.8, 4) is 17.0 Å². The van der Waals surface area contributed by atoms with E-state index in [-0.39, 0.29) is 18.7 Å². The first-order chi connectivity index (χ1) is 17.5. The number of carbonyl (C=O) groups is 1. The average Bonchev–Trinajstić information content (AvgIpc) is 2.90. The number of carbonyl (C=O) groups excluding carboxylic acids is 1. The fourth-order valence-corrected chi connectivity index (χ4v) is 3.88. The molecule has 6 heteroatoms. The molecule has 1 aromatic carbocycles. The van der Waals surface area contributed by atoms with Gasteiger partial charge in [0.2, 0.25) is 0 Å². The smallest absolute Gasteiger partial charge is 0.335 e. The lowest BCUT2D eigenvalue weighted by atomic mass is 10.1. The van der Waals surface area contributed by atoms with Crippen LogP contribution in [0.4, 0.5) is 0 Å². The maximum atomic E-state index is 12.1. The van der Waals surface area contributed by atoms with E-state index in [0.717, 1.165) is 48.4 Å². The molecular formula is C30H46N2O4. The van der Waals surface area contributed by atoms with E-state index in [4.69, 9.17) is 14.2 Å². The molecule has 0 fully saturated rings. The van der Waals surface area contributed by atoms with Gasteiger partial charge in [0.25, 0.3) is 0 Å². The molecule has 36 heavy (non-hydrogen) atoms. The Labute approximate surface area is 218 Å². The molecule has 2 atom stereocenters. The van der Waals surface area contributed by atoms with Crippen LogP contribution in [0, 0.1) is 0 Å². The van der Waals surface area contributed by atoms with Crippen molar-refractivity contribution in [2.24, 2.45) is 0 Å². The van der Waals surface area contributed by atoms with Crippen molar-refractivity contribution < 1.29 is 19.0 Å². The summed E-state index contributed by atoms with van der Waals surface area (Å²) in [6.45, 7) is 8.74. The van der Waals surface area contributed by atoms with Gasteiger partial charge in [0.15, 0.2) is 6.10 Å². The lowest BCUT2D eigenvalue weighted by Gasteiger charge is -2.17. The normalized spacial score (nSPS) is 12.8. The summed E-state index contributed by atoms with van der Waals surface area (Å²) in [6, 6.07) is 11.9. The van der Waals surface area contributed by atoms with E-state index >= 15 is 0 Å². The van der Waals surface area contributed by atoms with Crippen LogP contribution in [0.3, 0.4) is 0 Å². The quantitative estimate of drug-likeness (QED) is 0.149. The summed E-state index contributed by atoms with van der Waals surface area (Å²) in [5.74, 6) is 0.362. The zero-order valence-electron chi connectivity index (χ0n) is 22.8. The Morgan fingerprint density at radius 1 is 0.806 bits per heavy atom. The first kappa shape index (κ1) is 29.8. The highest BCUT2D eigenvalue weighted by Crippen LogP contribution is 2.21. The molecule has 1 aromatic heterocycles. The Kier molecular flexibility index (Phi) is 14.8. The number of unbranched alkanes of at least 4 members (excludes halogenated alkanes) is 8. The topological polar surface area (TPSA) is 70.5 Å². The highest BCUT2D eigenvalue weighted by atomic mass is 16.6. The largest absolute Gasteiger partial charge is 0.487 e. The van der Waals surface area contributed by atoms with Crippen molar-refractivity contribution in [3.63, 3.8) is 0 Å². The van der Waals surface area contributed by atoms with Crippen LogP contribution in [0.1, 0.15) is 97.6 Å². The van der Waals surface area contributed by atoms with Crippen LogP contribution in [0.15, 0.2) is 36.4 Å². The zero-order chi connectivity index (χ0) is 26.0. The summed E-state index contributed by atoms with van der Waals surface area (Å²) in [6.07, 6.45) is 12.4. The fourth-order valence-electron chi connectivity index (χ4n) is 3.88. The number of hydrogen-bond donors (Lipinski definition) is 0. The number of esters is 1. The van der Waals surface area contributed by atoms with E-state index < -0.39 is 6.10 Å². The van der Waals surface area contributed by atoms with Gasteiger partial charge in [-0.2, -0.15) is 10.2 Å². The second-order valence-corrected chi connectivity index (χ2v) is 9.58. The SMILES string of the molecule is CCCCCCCCCc1ccc(-c2ccc(OC(C)COC(=O)C(C)OCCCCC)cc2)nn1. The fraction of sp³-hybridized carbons (Fsp3) is 0.633. The van der Waals surface area contributed by atoms with Gasteiger partial charge < -0.3 is 14.2 Å². The van der Waals surface area contributed by atoms with Crippen LogP contribution in [0.5, 0.6) is 5.75 Å². The van der Waals surface area contributed by atoms with Gasteiger partial charge >= 0.3 is 5.97 Å². The highest BCUT2D eigenvalue weighted by molar-refractivity contribution is 5.74. The summed E-state index contributed by atoms with van der Waals surface area (Å²) >= 11 is 0. The Balaban J connectivity index is 1.70. The number of ether oxygens (including phenoxy) is 3. The number of nitrogens with zero attached hydrogens (tertiary/aromatic N) is 2. The first-order valence-electron chi connectivity index (χ1n) is 13.9. The van der Waals surface area contributed by atoms with Gasteiger partial charge in [-0.05, 0) is 69.5 Å². The minimum Gasteiger partial charge on any atom is -0.487 e. The molecule has 2 aromatic rings. The van der Waals surface area contributed by atoms with E-state index in [2.05, 4.69) is 30.1 Å². The molecule has 0 saturated carbocycles. The number of benzene rings is 1. The van der Waals surface area contributed by atoms with Crippen molar-refractivity contribution in [2.45, 2.75) is 111 Å². The van der Waals surface area contributed by atoms with Gasteiger partial charge in [-0.3, -0.25) is 0 Å². The van der Waals surface area contributed by atoms with Crippen LogP contribution < -0.4 is 4.74 Å². The van der Waals surface area contributed by atoms with E-state index in [0.29, 0.717) is 6.61 Å². The third-order valence-corrected chi connectivity index (χ3v) is 6.15. The van der Waals surface area contributed by atoms with E-state index in [1.54, 1.807) is 6.92 Å². The molecule has 0 aliphatic rings. The van der Waals surface area contributed by atoms with Gasteiger partial charge in [0, 0.05) is 12.2 Å². The molecule has 1 heterocycles. The summed E-state index contributed by atoms with van der Waals surface area (Å²) in [7, 11) is 0. The molecule has 200 valence electrons. The van der Waals surface area contributed by atoms with Crippen LogP contribution in [-0.4, -0.2) is 41.6 Å². The summed E-state index contributed by atoms with van der Waals surface area (Å²) in [5, 5.41) is 8.83. The zero-order valence-corrected chi connectivity index (χ0v) is 22.8. The second kappa shape index (κ2) is 17.9. The number of aromatic nitrogens is 2. The Bertz CT molecular complexity index is 839. The molecule has 2 unspecified atom stereocenters. The lowest BCUT2D eigenvalue weighted by Crippen LogP contribution is -2.28. The van der Waals surface area contributed by atoms with E-state index in [1.165, 1.54) is 44.9 Å². The third kappa shape index (κ3) is 12.0. The summed E-state index contributed by atoms with van der Waals surface area (Å²) in [4.78, 5) is 12.1. The molecule has 0 radical (unpaired) electrons. The monoisotopic (exact) mass is 498 g/mol. The van der Waals surface area contributed by atoms with Crippen molar-refractivity contribution >= 4 is 5.97 Å². The molecule has 0 N–H and O–H groups in total. The second-order valence-electron chi connectivity index (χ2n) is 9.58. The molecule has 0 aliphatic carbocycles. The Morgan fingerprint density at radius 2 is 1.47 bits per heavy atom. The van der Waals surface area contributed by atoms with Crippen LogP contribution in [0.2, 0.25) is 0 Å². The minimum absolute atomic E-state index is 0.176. The minimum atomic E-state index is -0.559. The third-order valence-electron chi connectivity index (χ3n) is 6.15. The Hall–Kier alpha value is -2.47. The van der Waals surface area contributed by atoms with Crippen LogP contribution in [-0.2, 0) is 20.7 Å². The summed E-state index contributed by atoms with van der Waals surface area (Å²) in [5.41, 5.74) is 2.89. The predicted molar refractivity (Wildman–Crippen MR) is 145 cm³/mol. The van der Waals surface area contributed by atoms with Crippen molar-refractivity contribution in [1.29, 1.82) is 0 Å². The van der Waals surface area contributed by atoms with Crippen molar-refractivity contribution in [3.05, 3.63) is 42.1 Å². The van der Waals surface area contributed by atoms with Gasteiger partial charge in [-0.15, -0.1) is 0 Å². The highest BCUT2D eigenvalue weighted by Gasteiger charge is 2.16. The molecule has 0 saturated heterocycles. The molecule has 6 nitrogen and oxygen atoms in total. The maximum absolute atomic E-state index is 12.1. The van der Waals surface area contributed by atoms with Crippen LogP contribution in [0.25, 0.3) is 11.3 Å². The average molecular weight is 499 g/mol. The van der Waals surface area contributed by atoms with E-state index in [9.17, 15) is 4.79 Å². The molecular weight excluding hydrogens is 452 g/mol. The van der Waals surface area contributed by atoms with Gasteiger partial charge in [0.05, 0.1) is 11.4 Å². The first-order valence-corrected chi connectivity index (χ1v) is 13.9. The van der Waals surface area contributed by atoms with Gasteiger partial charge in [0.1, 0.15) is 18.5 Å². The Morgan fingerprint density at radius 3 is 2.14 bits per heavy atom. The van der Waals surface area contributed by atoms with Crippen molar-refractivity contribution in [2.75, 3.05) is 13.2 Å². The lowest BCUT2D eigenvalue weighted by molar-refractivity contribution is -0.158. The van der Waals surface area contributed by atoms with Gasteiger partial charge in [-0.1, -0.05) is 65.2 Å². The molecule has 0 spiro atoms. The predicted octanol–water partition coefficient (Wildman–Crippen LogP) is 7.34. The number of aryl methyl sites for hydroxylation is 1. The maximum Gasteiger partial charge on any atom is 0.335 e. The summed E-state index contributed by atoms with van der Waals surface area (Å²) < 4.78 is 16.8. The van der Waals surface area contributed by atoms with Crippen LogP contribution >= 0.6 is 0 Å².